The van der Waals surface area contributed by atoms with Crippen LogP contribution >= 0.6 is 0 Å². The first kappa shape index (κ1) is 52.0. The molecule has 0 aliphatic heterocycles. The second kappa shape index (κ2) is 43.8. The van der Waals surface area contributed by atoms with Crippen LogP contribution in [0.1, 0.15) is 219 Å². The molecule has 0 saturated carbocycles. The minimum atomic E-state index is -0.966. The van der Waals surface area contributed by atoms with Crippen molar-refractivity contribution in [3.05, 3.63) is 60.8 Å². The molecule has 0 saturated heterocycles. The summed E-state index contributed by atoms with van der Waals surface area (Å²) in [6.07, 6.45) is 58.0. The van der Waals surface area contributed by atoms with Gasteiger partial charge in [0.05, 0.1) is 31.3 Å². The van der Waals surface area contributed by atoms with Gasteiger partial charge in [-0.2, -0.15) is 0 Å². The molecule has 0 radical (unpaired) electrons. The maximum atomic E-state index is 12.4. The number of aliphatic hydroxyl groups is 3. The zero-order chi connectivity index (χ0) is 39.4. The highest BCUT2D eigenvalue weighted by atomic mass is 16.3. The SMILES string of the molecule is CCCCC/C=C\C/C=C\CCCCCCCC(O)CC(=O)NC(CO)C(O)/C=C/CC/C=C/CC/C=C/CCCCCCCCCCCCCCCC. The van der Waals surface area contributed by atoms with Crippen molar-refractivity contribution in [3.8, 4) is 0 Å². The third-order valence-corrected chi connectivity index (χ3v) is 10.3. The molecule has 0 rings (SSSR count). The highest BCUT2D eigenvalue weighted by Gasteiger charge is 2.20. The number of hydrogen-bond donors (Lipinski definition) is 4. The van der Waals surface area contributed by atoms with Gasteiger partial charge in [0.25, 0.3) is 0 Å². The standard InChI is InChI=1S/C49H89NO4/c1-3-5-7-9-11-13-15-17-19-20-21-22-23-24-25-26-27-29-31-33-35-37-39-41-43-48(53)47(45-51)50-49(54)44-46(52)42-40-38-36-34-32-30-28-18-16-14-12-10-8-6-4-2/h12,14,18,26-28,33,35,41,43,46-48,51-53H,3-11,13,15-17,19-25,29-32,34,36-40,42,44-45H2,1-2H3,(H,50,54)/b14-12-,27-26+,28-18-,35-33+,43-41+. The van der Waals surface area contributed by atoms with Crippen LogP contribution in [0.2, 0.25) is 0 Å². The Morgan fingerprint density at radius 2 is 0.852 bits per heavy atom. The van der Waals surface area contributed by atoms with Crippen molar-refractivity contribution in [2.75, 3.05) is 6.61 Å². The van der Waals surface area contributed by atoms with Crippen molar-refractivity contribution in [1.82, 2.24) is 5.32 Å². The van der Waals surface area contributed by atoms with E-state index in [2.05, 4.69) is 67.8 Å². The Kier molecular flexibility index (Phi) is 42.2. The van der Waals surface area contributed by atoms with Crippen LogP contribution in [0.15, 0.2) is 60.8 Å². The quantitative estimate of drug-likeness (QED) is 0.0369. The van der Waals surface area contributed by atoms with E-state index in [1.165, 1.54) is 135 Å². The molecular formula is C49H89NO4. The van der Waals surface area contributed by atoms with Gasteiger partial charge < -0.3 is 20.6 Å². The molecule has 54 heavy (non-hydrogen) atoms. The van der Waals surface area contributed by atoms with Crippen LogP contribution in [0.3, 0.4) is 0 Å². The van der Waals surface area contributed by atoms with E-state index in [0.717, 1.165) is 57.8 Å². The van der Waals surface area contributed by atoms with E-state index in [9.17, 15) is 20.1 Å². The molecule has 0 aliphatic carbocycles. The number of carbonyl (C=O) groups is 1. The number of carbonyl (C=O) groups excluding carboxylic acids is 1. The first-order chi connectivity index (χ1) is 26.5. The third-order valence-electron chi connectivity index (χ3n) is 10.3. The van der Waals surface area contributed by atoms with Gasteiger partial charge in [-0.1, -0.05) is 197 Å². The highest BCUT2D eigenvalue weighted by molar-refractivity contribution is 5.76. The van der Waals surface area contributed by atoms with Gasteiger partial charge in [0.2, 0.25) is 5.91 Å². The Labute approximate surface area is 335 Å². The van der Waals surface area contributed by atoms with E-state index >= 15 is 0 Å². The number of nitrogens with one attached hydrogen (secondary N) is 1. The summed E-state index contributed by atoms with van der Waals surface area (Å²) in [5, 5.41) is 33.2. The summed E-state index contributed by atoms with van der Waals surface area (Å²) in [4.78, 5) is 12.4. The lowest BCUT2D eigenvalue weighted by molar-refractivity contribution is -0.124. The first-order valence-corrected chi connectivity index (χ1v) is 23.1. The van der Waals surface area contributed by atoms with Gasteiger partial charge in [-0.15, -0.1) is 0 Å². The molecule has 0 fully saturated rings. The predicted octanol–water partition coefficient (Wildman–Crippen LogP) is 13.5. The fraction of sp³-hybridized carbons (Fsp3) is 0.776. The number of unbranched alkanes of at least 4 members (excludes halogenated alkanes) is 24. The Balaban J connectivity index is 3.75. The molecule has 0 heterocycles. The van der Waals surface area contributed by atoms with E-state index in [-0.39, 0.29) is 18.9 Å². The molecule has 0 aliphatic rings. The molecule has 1 amide bonds. The molecule has 5 nitrogen and oxygen atoms in total. The topological polar surface area (TPSA) is 89.8 Å². The Bertz CT molecular complexity index is 923. The van der Waals surface area contributed by atoms with E-state index < -0.39 is 18.2 Å². The van der Waals surface area contributed by atoms with Crippen LogP contribution in [0.4, 0.5) is 0 Å². The molecule has 3 atom stereocenters. The number of aliphatic hydroxyl groups excluding tert-OH is 3. The van der Waals surface area contributed by atoms with Crippen molar-refractivity contribution in [2.24, 2.45) is 0 Å². The molecule has 0 aromatic carbocycles. The van der Waals surface area contributed by atoms with Crippen molar-refractivity contribution in [3.63, 3.8) is 0 Å². The average Bonchev–Trinajstić information content (AvgIpc) is 3.16. The zero-order valence-electron chi connectivity index (χ0n) is 35.6. The highest BCUT2D eigenvalue weighted by Crippen LogP contribution is 2.14. The summed E-state index contributed by atoms with van der Waals surface area (Å²) in [6, 6.07) is -0.774. The minimum Gasteiger partial charge on any atom is -0.394 e. The number of hydrogen-bond acceptors (Lipinski definition) is 4. The van der Waals surface area contributed by atoms with Gasteiger partial charge in [0, 0.05) is 0 Å². The average molecular weight is 756 g/mol. The second-order valence-electron chi connectivity index (χ2n) is 15.6. The predicted molar refractivity (Wildman–Crippen MR) is 236 cm³/mol. The molecular weight excluding hydrogens is 667 g/mol. The van der Waals surface area contributed by atoms with Gasteiger partial charge in [-0.3, -0.25) is 4.79 Å². The molecule has 314 valence electrons. The fourth-order valence-electron chi connectivity index (χ4n) is 6.69. The summed E-state index contributed by atoms with van der Waals surface area (Å²) >= 11 is 0. The number of allylic oxidation sites excluding steroid dienone is 9. The molecule has 4 N–H and O–H groups in total. The van der Waals surface area contributed by atoms with Gasteiger partial charge in [0.1, 0.15) is 0 Å². The lowest BCUT2D eigenvalue weighted by atomic mass is 10.0. The molecule has 0 aromatic rings. The molecule has 0 aromatic heterocycles. The van der Waals surface area contributed by atoms with Gasteiger partial charge in [-0.25, -0.2) is 0 Å². The number of rotatable bonds is 41. The summed E-state index contributed by atoms with van der Waals surface area (Å²) in [6.45, 7) is 4.17. The summed E-state index contributed by atoms with van der Waals surface area (Å²) in [5.41, 5.74) is 0. The van der Waals surface area contributed by atoms with Crippen LogP contribution in [0, 0.1) is 0 Å². The van der Waals surface area contributed by atoms with Crippen LogP contribution < -0.4 is 5.32 Å². The fourth-order valence-corrected chi connectivity index (χ4v) is 6.69. The molecule has 3 unspecified atom stereocenters. The lowest BCUT2D eigenvalue weighted by Gasteiger charge is -2.20. The third kappa shape index (κ3) is 39.7. The van der Waals surface area contributed by atoms with E-state index in [4.69, 9.17) is 0 Å². The second-order valence-corrected chi connectivity index (χ2v) is 15.6. The zero-order valence-corrected chi connectivity index (χ0v) is 35.6. The van der Waals surface area contributed by atoms with Crippen molar-refractivity contribution < 1.29 is 20.1 Å². The van der Waals surface area contributed by atoms with Crippen molar-refractivity contribution >= 4 is 5.91 Å². The van der Waals surface area contributed by atoms with Crippen molar-refractivity contribution in [2.45, 2.75) is 238 Å². The van der Waals surface area contributed by atoms with Gasteiger partial charge in [0.15, 0.2) is 0 Å². The summed E-state index contributed by atoms with van der Waals surface area (Å²) in [5.74, 6) is -0.340. The van der Waals surface area contributed by atoms with Crippen molar-refractivity contribution in [1.29, 1.82) is 0 Å². The van der Waals surface area contributed by atoms with E-state index in [0.29, 0.717) is 6.42 Å². The smallest absolute Gasteiger partial charge is 0.222 e. The van der Waals surface area contributed by atoms with Crippen LogP contribution in [0.25, 0.3) is 0 Å². The van der Waals surface area contributed by atoms with Gasteiger partial charge in [-0.05, 0) is 77.0 Å². The summed E-state index contributed by atoms with van der Waals surface area (Å²) < 4.78 is 0. The Morgan fingerprint density at radius 3 is 1.33 bits per heavy atom. The van der Waals surface area contributed by atoms with Crippen LogP contribution in [-0.2, 0) is 4.79 Å². The minimum absolute atomic E-state index is 0.00968. The monoisotopic (exact) mass is 756 g/mol. The molecule has 0 spiro atoms. The summed E-state index contributed by atoms with van der Waals surface area (Å²) in [7, 11) is 0. The maximum absolute atomic E-state index is 12.4. The maximum Gasteiger partial charge on any atom is 0.222 e. The normalized spacial score (nSPS) is 14.1. The lowest BCUT2D eigenvalue weighted by Crippen LogP contribution is -2.45. The van der Waals surface area contributed by atoms with E-state index in [1.54, 1.807) is 6.08 Å². The van der Waals surface area contributed by atoms with E-state index in [1.807, 2.05) is 6.08 Å². The van der Waals surface area contributed by atoms with Gasteiger partial charge >= 0.3 is 0 Å². The Hall–Kier alpha value is -1.95. The Morgan fingerprint density at radius 1 is 0.481 bits per heavy atom. The first-order valence-electron chi connectivity index (χ1n) is 23.1. The molecule has 5 heteroatoms. The van der Waals surface area contributed by atoms with Crippen LogP contribution in [-0.4, -0.2) is 46.1 Å². The largest absolute Gasteiger partial charge is 0.394 e. The number of amides is 1. The molecule has 0 bridgehead atoms. The van der Waals surface area contributed by atoms with Crippen LogP contribution in [0.5, 0.6) is 0 Å².